The summed E-state index contributed by atoms with van der Waals surface area (Å²) in [6, 6.07) is 0. The first-order valence-electron chi connectivity index (χ1n) is 4.67. The monoisotopic (exact) mass is 285 g/mol. The van der Waals surface area contributed by atoms with Crippen LogP contribution >= 0.6 is 15.9 Å². The molecule has 0 heterocycles. The van der Waals surface area contributed by atoms with Crippen molar-refractivity contribution >= 4 is 25.8 Å². The van der Waals surface area contributed by atoms with Crippen LogP contribution in [0.3, 0.4) is 0 Å². The fraction of sp³-hybridized carbons (Fsp3) is 1.00. The molecule has 0 radical (unpaired) electrons. The average Bonchev–Trinajstić information content (AvgIpc) is 1.99. The summed E-state index contributed by atoms with van der Waals surface area (Å²) < 4.78 is 22.8. The largest absolute Gasteiger partial charge is 0.305 e. The van der Waals surface area contributed by atoms with Gasteiger partial charge in [0.05, 0.1) is 10.5 Å². The van der Waals surface area contributed by atoms with E-state index in [9.17, 15) is 8.42 Å². The molecule has 0 aliphatic rings. The Labute approximate surface area is 95.9 Å². The van der Waals surface area contributed by atoms with Crippen LogP contribution < -0.4 is 0 Å². The topological polar surface area (TPSA) is 37.4 Å². The third-order valence-electron chi connectivity index (χ3n) is 2.14. The average molecular weight is 286 g/mol. The summed E-state index contributed by atoms with van der Waals surface area (Å²) in [5.41, 5.74) is 0. The van der Waals surface area contributed by atoms with Gasteiger partial charge in [0.25, 0.3) is 0 Å². The summed E-state index contributed by atoms with van der Waals surface area (Å²) in [6.45, 7) is 6.71. The highest BCUT2D eigenvalue weighted by atomic mass is 79.9. The molecule has 0 bridgehead atoms. The second kappa shape index (κ2) is 5.47. The lowest BCUT2D eigenvalue weighted by Crippen LogP contribution is -2.35. The molecule has 0 atom stereocenters. The van der Waals surface area contributed by atoms with Gasteiger partial charge in [-0.1, -0.05) is 15.9 Å². The van der Waals surface area contributed by atoms with Crippen LogP contribution in [0.4, 0.5) is 0 Å². The highest BCUT2D eigenvalue weighted by Gasteiger charge is 2.28. The molecule has 0 fully saturated rings. The van der Waals surface area contributed by atoms with Gasteiger partial charge in [0.1, 0.15) is 0 Å². The SMILES string of the molecule is CN(CCBr)CCS(=O)(=O)C(C)(C)C. The van der Waals surface area contributed by atoms with Crippen LogP contribution in [0.25, 0.3) is 0 Å². The first-order valence-corrected chi connectivity index (χ1v) is 7.45. The zero-order valence-corrected chi connectivity index (χ0v) is 11.8. The number of hydrogen-bond acceptors (Lipinski definition) is 3. The van der Waals surface area contributed by atoms with Gasteiger partial charge in [-0.15, -0.1) is 0 Å². The first-order chi connectivity index (χ1) is 6.20. The van der Waals surface area contributed by atoms with E-state index in [1.807, 2.05) is 11.9 Å². The smallest absolute Gasteiger partial charge is 0.156 e. The third-order valence-corrected chi connectivity index (χ3v) is 5.08. The Morgan fingerprint density at radius 3 is 2.07 bits per heavy atom. The minimum Gasteiger partial charge on any atom is -0.305 e. The Hall–Kier alpha value is 0.390. The fourth-order valence-corrected chi connectivity index (χ4v) is 2.61. The maximum Gasteiger partial charge on any atom is 0.156 e. The van der Waals surface area contributed by atoms with Crippen molar-refractivity contribution in [1.82, 2.24) is 4.90 Å². The van der Waals surface area contributed by atoms with E-state index in [4.69, 9.17) is 0 Å². The molecule has 0 rings (SSSR count). The van der Waals surface area contributed by atoms with Crippen molar-refractivity contribution in [3.05, 3.63) is 0 Å². The first kappa shape index (κ1) is 14.4. The molecule has 86 valence electrons. The number of rotatable bonds is 5. The molecule has 0 amide bonds. The molecule has 0 aliphatic heterocycles. The number of hydrogen-bond donors (Lipinski definition) is 0. The Morgan fingerprint density at radius 2 is 1.71 bits per heavy atom. The maximum absolute atomic E-state index is 11.7. The lowest BCUT2D eigenvalue weighted by atomic mass is 10.3. The van der Waals surface area contributed by atoms with Crippen molar-refractivity contribution in [2.24, 2.45) is 0 Å². The van der Waals surface area contributed by atoms with Crippen LogP contribution in [-0.4, -0.2) is 49.3 Å². The standard InChI is InChI=1S/C9H20BrNO2S/c1-9(2,3)14(12,13)8-7-11(4)6-5-10/h5-8H2,1-4H3. The molecule has 0 aromatic rings. The summed E-state index contributed by atoms with van der Waals surface area (Å²) >= 11 is 3.32. The molecule has 0 unspecified atom stereocenters. The van der Waals surface area contributed by atoms with Crippen molar-refractivity contribution in [3.8, 4) is 0 Å². The lowest BCUT2D eigenvalue weighted by Gasteiger charge is -2.21. The molecule has 0 aliphatic carbocycles. The Kier molecular flexibility index (Phi) is 5.62. The summed E-state index contributed by atoms with van der Waals surface area (Å²) in [7, 11) is -1.04. The van der Waals surface area contributed by atoms with Crippen LogP contribution in [-0.2, 0) is 9.84 Å². The van der Waals surface area contributed by atoms with Crippen molar-refractivity contribution in [2.75, 3.05) is 31.2 Å². The van der Waals surface area contributed by atoms with E-state index in [1.165, 1.54) is 0 Å². The molecule has 0 saturated heterocycles. The van der Waals surface area contributed by atoms with Gasteiger partial charge in [-0.2, -0.15) is 0 Å². The molecule has 0 saturated carbocycles. The van der Waals surface area contributed by atoms with Crippen LogP contribution in [0.15, 0.2) is 0 Å². The van der Waals surface area contributed by atoms with Crippen LogP contribution in [0, 0.1) is 0 Å². The van der Waals surface area contributed by atoms with E-state index in [1.54, 1.807) is 20.8 Å². The second-order valence-corrected chi connectivity index (χ2v) is 8.08. The summed E-state index contributed by atoms with van der Waals surface area (Å²) in [5, 5.41) is 0.874. The van der Waals surface area contributed by atoms with Gasteiger partial charge < -0.3 is 4.90 Å². The Morgan fingerprint density at radius 1 is 1.21 bits per heavy atom. The van der Waals surface area contributed by atoms with E-state index >= 15 is 0 Å². The summed E-state index contributed by atoms with van der Waals surface area (Å²) in [4.78, 5) is 2.01. The summed E-state index contributed by atoms with van der Waals surface area (Å²) in [6.07, 6.45) is 0. The Balaban J connectivity index is 4.14. The highest BCUT2D eigenvalue weighted by molar-refractivity contribution is 9.09. The van der Waals surface area contributed by atoms with Gasteiger partial charge in [-0.25, -0.2) is 8.42 Å². The summed E-state index contributed by atoms with van der Waals surface area (Å²) in [5.74, 6) is 0.236. The van der Waals surface area contributed by atoms with E-state index in [-0.39, 0.29) is 5.75 Å². The Bertz CT molecular complexity index is 256. The van der Waals surface area contributed by atoms with Gasteiger partial charge in [-0.05, 0) is 27.8 Å². The molecule has 0 spiro atoms. The molecule has 3 nitrogen and oxygen atoms in total. The van der Waals surface area contributed by atoms with Gasteiger partial charge in [-0.3, -0.25) is 0 Å². The van der Waals surface area contributed by atoms with Gasteiger partial charge >= 0.3 is 0 Å². The maximum atomic E-state index is 11.7. The van der Waals surface area contributed by atoms with Crippen molar-refractivity contribution in [2.45, 2.75) is 25.5 Å². The van der Waals surface area contributed by atoms with Crippen LogP contribution in [0.2, 0.25) is 0 Å². The highest BCUT2D eigenvalue weighted by Crippen LogP contribution is 2.15. The van der Waals surface area contributed by atoms with Gasteiger partial charge in [0.2, 0.25) is 0 Å². The minimum absolute atomic E-state index is 0.236. The quantitative estimate of drug-likeness (QED) is 0.719. The molecule has 5 heteroatoms. The van der Waals surface area contributed by atoms with E-state index < -0.39 is 14.6 Å². The molecule has 0 aromatic carbocycles. The van der Waals surface area contributed by atoms with Gasteiger partial charge in [0, 0.05) is 18.4 Å². The van der Waals surface area contributed by atoms with Gasteiger partial charge in [0.15, 0.2) is 9.84 Å². The molecule has 0 aromatic heterocycles. The van der Waals surface area contributed by atoms with Crippen molar-refractivity contribution < 1.29 is 8.42 Å². The molecular formula is C9H20BrNO2S. The third kappa shape index (κ3) is 4.75. The molecule has 0 N–H and O–H groups in total. The number of alkyl halides is 1. The fourth-order valence-electron chi connectivity index (χ4n) is 0.838. The zero-order chi connectivity index (χ0) is 11.4. The lowest BCUT2D eigenvalue weighted by molar-refractivity contribution is 0.376. The second-order valence-electron chi connectivity index (χ2n) is 4.42. The van der Waals surface area contributed by atoms with E-state index in [0.717, 1.165) is 11.9 Å². The molecule has 14 heavy (non-hydrogen) atoms. The molecular weight excluding hydrogens is 266 g/mol. The number of sulfone groups is 1. The van der Waals surface area contributed by atoms with Crippen LogP contribution in [0.1, 0.15) is 20.8 Å². The predicted octanol–water partition coefficient (Wildman–Crippen LogP) is 1.53. The number of halogens is 1. The van der Waals surface area contributed by atoms with E-state index in [2.05, 4.69) is 15.9 Å². The van der Waals surface area contributed by atoms with E-state index in [0.29, 0.717) is 6.54 Å². The predicted molar refractivity (Wildman–Crippen MR) is 64.8 cm³/mol. The zero-order valence-electron chi connectivity index (χ0n) is 9.38. The number of nitrogens with zero attached hydrogens (tertiary/aromatic N) is 1. The van der Waals surface area contributed by atoms with Crippen molar-refractivity contribution in [3.63, 3.8) is 0 Å². The van der Waals surface area contributed by atoms with Crippen molar-refractivity contribution in [1.29, 1.82) is 0 Å². The minimum atomic E-state index is -2.97. The van der Waals surface area contributed by atoms with Crippen LogP contribution in [0.5, 0.6) is 0 Å². The normalized spacial score (nSPS) is 13.6.